The second kappa shape index (κ2) is 17.8. The average Bonchev–Trinajstić information content (AvgIpc) is 2.83. The van der Waals surface area contributed by atoms with Gasteiger partial charge in [-0.3, -0.25) is 0 Å². The Balaban J connectivity index is 0.735. The molecular formula is C75H42N4O3S. The van der Waals surface area contributed by atoms with Crippen LogP contribution in [-0.2, 0) is 0 Å². The lowest BCUT2D eigenvalue weighted by Gasteiger charge is -2.09. The summed E-state index contributed by atoms with van der Waals surface area (Å²) in [5.41, 5.74) is 17.4. The molecule has 8 heteroatoms. The fraction of sp³-hybridized carbons (Fsp3) is 0. The lowest BCUT2D eigenvalue weighted by atomic mass is 9.96. The van der Waals surface area contributed by atoms with Crippen LogP contribution in [0.25, 0.3) is 181 Å². The number of furan rings is 3. The Morgan fingerprint density at radius 2 is 0.783 bits per heavy atom. The molecule has 0 aliphatic rings. The zero-order chi connectivity index (χ0) is 54.3. The number of hydrogen-bond donors (Lipinski definition) is 0. The summed E-state index contributed by atoms with van der Waals surface area (Å²) >= 11 is 1.83. The minimum atomic E-state index is 0.538. The molecule has 18 rings (SSSR count). The summed E-state index contributed by atoms with van der Waals surface area (Å²) in [4.78, 5) is 15.7. The molecule has 0 spiro atoms. The molecule has 0 amide bonds. The van der Waals surface area contributed by atoms with E-state index in [1.54, 1.807) is 0 Å². The number of aromatic nitrogens is 4. The highest BCUT2D eigenvalue weighted by molar-refractivity contribution is 7.26. The van der Waals surface area contributed by atoms with Crippen LogP contribution in [0.4, 0.5) is 0 Å². The molecule has 0 aliphatic heterocycles. The number of para-hydroxylation sites is 2. The van der Waals surface area contributed by atoms with E-state index >= 15 is 0 Å². The van der Waals surface area contributed by atoms with Crippen LogP contribution in [-0.4, -0.2) is 19.5 Å². The van der Waals surface area contributed by atoms with Crippen molar-refractivity contribution in [3.8, 4) is 73.2 Å². The first kappa shape index (κ1) is 45.9. The first-order valence-corrected chi connectivity index (χ1v) is 28.6. The van der Waals surface area contributed by atoms with Crippen LogP contribution < -0.4 is 0 Å². The van der Waals surface area contributed by atoms with Crippen LogP contribution in [0, 0.1) is 0 Å². The van der Waals surface area contributed by atoms with Gasteiger partial charge in [-0.05, 0) is 137 Å². The van der Waals surface area contributed by atoms with Gasteiger partial charge in [0.15, 0.2) is 17.5 Å². The van der Waals surface area contributed by atoms with Gasteiger partial charge in [0, 0.05) is 85.6 Å². The Bertz CT molecular complexity index is 5710. The summed E-state index contributed by atoms with van der Waals surface area (Å²) in [5.74, 6) is 1.64. The maximum Gasteiger partial charge on any atom is 0.164 e. The van der Waals surface area contributed by atoms with Crippen LogP contribution >= 0.6 is 11.3 Å². The smallest absolute Gasteiger partial charge is 0.164 e. The van der Waals surface area contributed by atoms with Crippen molar-refractivity contribution >= 4 is 119 Å². The van der Waals surface area contributed by atoms with E-state index in [0.29, 0.717) is 17.5 Å². The molecule has 0 fully saturated rings. The Morgan fingerprint density at radius 1 is 0.265 bits per heavy atom. The molecule has 0 atom stereocenters. The van der Waals surface area contributed by atoms with Gasteiger partial charge in [0.25, 0.3) is 0 Å². The summed E-state index contributed by atoms with van der Waals surface area (Å²) in [6.07, 6.45) is 0. The van der Waals surface area contributed by atoms with Gasteiger partial charge in [0.2, 0.25) is 0 Å². The third-order valence-corrected chi connectivity index (χ3v) is 17.8. The Labute approximate surface area is 477 Å². The highest BCUT2D eigenvalue weighted by atomic mass is 32.1. The zero-order valence-corrected chi connectivity index (χ0v) is 45.0. The first-order chi connectivity index (χ1) is 41.1. The van der Waals surface area contributed by atoms with Gasteiger partial charge in [-0.1, -0.05) is 152 Å². The predicted molar refractivity (Wildman–Crippen MR) is 342 cm³/mol. The second-order valence-corrected chi connectivity index (χ2v) is 22.5. The van der Waals surface area contributed by atoms with Crippen molar-refractivity contribution in [2.45, 2.75) is 0 Å². The molecule has 12 aromatic carbocycles. The lowest BCUT2D eigenvalue weighted by Crippen LogP contribution is -2.00. The number of thiophene rings is 1. The fourth-order valence-corrected chi connectivity index (χ4v) is 14.0. The van der Waals surface area contributed by atoms with Crippen LogP contribution in [0.2, 0.25) is 0 Å². The summed E-state index contributed by atoms with van der Waals surface area (Å²) < 4.78 is 25.1. The number of rotatable bonds is 7. The Kier molecular flexibility index (Phi) is 9.83. The molecule has 0 N–H and O–H groups in total. The molecule has 6 heterocycles. The fourth-order valence-electron chi connectivity index (χ4n) is 12.9. The molecule has 0 saturated heterocycles. The summed E-state index contributed by atoms with van der Waals surface area (Å²) in [6, 6.07) is 89.7. The number of nitrogens with zero attached hydrogens (tertiary/aromatic N) is 4. The third kappa shape index (κ3) is 7.13. The van der Waals surface area contributed by atoms with Crippen molar-refractivity contribution in [2.75, 3.05) is 0 Å². The zero-order valence-electron chi connectivity index (χ0n) is 44.2. The average molecular weight is 1080 g/mol. The second-order valence-electron chi connectivity index (χ2n) is 21.4. The van der Waals surface area contributed by atoms with E-state index in [0.717, 1.165) is 116 Å². The first-order valence-electron chi connectivity index (χ1n) is 27.8. The number of benzene rings is 12. The van der Waals surface area contributed by atoms with Gasteiger partial charge < -0.3 is 17.8 Å². The van der Waals surface area contributed by atoms with Crippen molar-refractivity contribution < 1.29 is 13.3 Å². The maximum atomic E-state index is 6.75. The molecule has 0 unspecified atom stereocenters. The molecule has 18 aromatic rings. The van der Waals surface area contributed by atoms with Crippen LogP contribution in [0.5, 0.6) is 0 Å². The topological polar surface area (TPSA) is 83.0 Å². The van der Waals surface area contributed by atoms with Gasteiger partial charge in [-0.15, -0.1) is 11.3 Å². The van der Waals surface area contributed by atoms with Gasteiger partial charge in [-0.2, -0.15) is 0 Å². The molecular weight excluding hydrogens is 1040 g/mol. The maximum absolute atomic E-state index is 6.75. The SMILES string of the molecule is c1ccc(-c2nc(-c3ccc4c(c3)oc3cc(-c5cccc6sc7ccccc7c56)ccc34)nc(-c3cccc4oc5ccc(-c6cccc7oc8cc(-c9ccc%10c(c9)c9ccccc9n%10-c9ccccc9)ccc8c67)cc5c34)n2)cc1. The molecule has 7 nitrogen and oxygen atoms in total. The van der Waals surface area contributed by atoms with E-state index in [-0.39, 0.29) is 0 Å². The predicted octanol–water partition coefficient (Wildman–Crippen LogP) is 21.0. The lowest BCUT2D eigenvalue weighted by molar-refractivity contribution is 0.668. The molecule has 0 bridgehead atoms. The van der Waals surface area contributed by atoms with Crippen LogP contribution in [0.3, 0.4) is 0 Å². The van der Waals surface area contributed by atoms with E-state index in [1.807, 2.05) is 53.8 Å². The molecule has 0 saturated carbocycles. The van der Waals surface area contributed by atoms with Crippen molar-refractivity contribution in [2.24, 2.45) is 0 Å². The monoisotopic (exact) mass is 1080 g/mol. The molecule has 6 aromatic heterocycles. The quantitative estimate of drug-likeness (QED) is 0.158. The van der Waals surface area contributed by atoms with Crippen molar-refractivity contribution in [3.05, 3.63) is 255 Å². The summed E-state index contributed by atoms with van der Waals surface area (Å²) in [5, 5.41) is 11.0. The number of fused-ring (bicyclic) bond motifs is 15. The minimum absolute atomic E-state index is 0.538. The highest BCUT2D eigenvalue weighted by Gasteiger charge is 2.22. The molecule has 0 aliphatic carbocycles. The highest BCUT2D eigenvalue weighted by Crippen LogP contribution is 2.45. The van der Waals surface area contributed by atoms with E-state index in [1.165, 1.54) is 47.5 Å². The van der Waals surface area contributed by atoms with Crippen molar-refractivity contribution in [3.63, 3.8) is 0 Å². The van der Waals surface area contributed by atoms with E-state index in [9.17, 15) is 0 Å². The van der Waals surface area contributed by atoms with Crippen LogP contribution in [0.15, 0.2) is 268 Å². The van der Waals surface area contributed by atoms with Gasteiger partial charge >= 0.3 is 0 Å². The van der Waals surface area contributed by atoms with E-state index < -0.39 is 0 Å². The molecule has 0 radical (unpaired) electrons. The minimum Gasteiger partial charge on any atom is -0.456 e. The normalized spacial score (nSPS) is 12.1. The third-order valence-electron chi connectivity index (χ3n) is 16.7. The largest absolute Gasteiger partial charge is 0.456 e. The van der Waals surface area contributed by atoms with E-state index in [2.05, 4.69) is 217 Å². The van der Waals surface area contributed by atoms with Gasteiger partial charge in [-0.25, -0.2) is 15.0 Å². The Hall–Kier alpha value is -10.9. The molecule has 83 heavy (non-hydrogen) atoms. The summed E-state index contributed by atoms with van der Waals surface area (Å²) in [7, 11) is 0. The molecule has 386 valence electrons. The van der Waals surface area contributed by atoms with Crippen molar-refractivity contribution in [1.29, 1.82) is 0 Å². The number of hydrogen-bond acceptors (Lipinski definition) is 7. The van der Waals surface area contributed by atoms with Crippen LogP contribution in [0.1, 0.15) is 0 Å². The van der Waals surface area contributed by atoms with Gasteiger partial charge in [0.05, 0.1) is 11.0 Å². The standard InChI is InChI=1S/C75H42N4O3S/c1-3-14-43(15-4-1)73-76-74(48-30-34-54-53-33-29-47(41-65(53)82-66(54)42-48)51-21-13-27-69-72(51)56-19-8-10-26-68(56)83-69)78-75(77-73)57-22-12-25-64-71(57)59-39-46(32-37-62(59)80-64)50-20-11-24-63-70(50)55-35-28-45(40-67(55)81-63)44-31-36-61-58(38-44)52-18-7-9-23-60(52)79(61)49-16-5-2-6-17-49/h1-42H. The summed E-state index contributed by atoms with van der Waals surface area (Å²) in [6.45, 7) is 0. The Morgan fingerprint density at radius 3 is 1.61 bits per heavy atom. The van der Waals surface area contributed by atoms with Crippen molar-refractivity contribution in [1.82, 2.24) is 19.5 Å². The van der Waals surface area contributed by atoms with E-state index in [4.69, 9.17) is 28.2 Å². The van der Waals surface area contributed by atoms with Gasteiger partial charge in [0.1, 0.15) is 33.5 Å².